The maximum Gasteiger partial charge on any atom is 0.348 e. The standard InChI is InChI=1S/C14H13NO2S3/c16-14(17)12-11(9-4-2-1-3-5-9)15-13(20-12)10-8-18-6-7-19-10/h1-5,10H,6-8H2,(H,16,17). The number of carboxylic acids is 1. The second-order valence-corrected chi connectivity index (χ2v) is 7.83. The molecule has 2 aromatic rings. The van der Waals surface area contributed by atoms with E-state index in [2.05, 4.69) is 4.98 Å². The van der Waals surface area contributed by atoms with E-state index in [1.54, 1.807) is 0 Å². The average Bonchev–Trinajstić information content (AvgIpc) is 2.94. The van der Waals surface area contributed by atoms with Crippen molar-refractivity contribution < 1.29 is 9.90 Å². The quantitative estimate of drug-likeness (QED) is 0.924. The second-order valence-electron chi connectivity index (χ2n) is 4.34. The fourth-order valence-corrected chi connectivity index (χ4v) is 5.95. The molecule has 1 aromatic carbocycles. The first kappa shape index (κ1) is 14.0. The zero-order chi connectivity index (χ0) is 13.9. The normalized spacial score (nSPS) is 18.9. The third-order valence-electron chi connectivity index (χ3n) is 2.98. The van der Waals surface area contributed by atoms with Crippen LogP contribution in [0.25, 0.3) is 11.3 Å². The van der Waals surface area contributed by atoms with Crippen LogP contribution in [0.2, 0.25) is 0 Å². The van der Waals surface area contributed by atoms with Crippen molar-refractivity contribution in [3.05, 3.63) is 40.2 Å². The van der Waals surface area contributed by atoms with Gasteiger partial charge >= 0.3 is 5.97 Å². The number of hydrogen-bond donors (Lipinski definition) is 1. The molecule has 1 unspecified atom stereocenters. The number of carbonyl (C=O) groups is 1. The number of aromatic nitrogens is 1. The lowest BCUT2D eigenvalue weighted by Gasteiger charge is -2.18. The van der Waals surface area contributed by atoms with Crippen molar-refractivity contribution in [1.29, 1.82) is 0 Å². The van der Waals surface area contributed by atoms with E-state index in [0.29, 0.717) is 15.8 Å². The summed E-state index contributed by atoms with van der Waals surface area (Å²) in [6, 6.07) is 9.56. The molecule has 104 valence electrons. The van der Waals surface area contributed by atoms with Gasteiger partial charge in [0.2, 0.25) is 0 Å². The van der Waals surface area contributed by atoms with Gasteiger partial charge in [-0.25, -0.2) is 9.78 Å². The van der Waals surface area contributed by atoms with E-state index in [-0.39, 0.29) is 0 Å². The first-order valence-electron chi connectivity index (χ1n) is 6.24. The molecule has 1 saturated heterocycles. The molecule has 1 aliphatic heterocycles. The van der Waals surface area contributed by atoms with Crippen LogP contribution in [0.15, 0.2) is 30.3 Å². The first-order valence-corrected chi connectivity index (χ1v) is 9.26. The Hall–Kier alpha value is -0.980. The van der Waals surface area contributed by atoms with Gasteiger partial charge in [0, 0.05) is 22.8 Å². The third-order valence-corrected chi connectivity index (χ3v) is 7.05. The summed E-state index contributed by atoms with van der Waals surface area (Å²) in [4.78, 5) is 16.4. The Balaban J connectivity index is 2.00. The molecule has 3 nitrogen and oxygen atoms in total. The topological polar surface area (TPSA) is 50.2 Å². The predicted molar refractivity (Wildman–Crippen MR) is 87.0 cm³/mol. The molecule has 0 amide bonds. The predicted octanol–water partition coefficient (Wildman–Crippen LogP) is 4.03. The number of thioether (sulfide) groups is 2. The molecule has 0 spiro atoms. The van der Waals surface area contributed by atoms with Gasteiger partial charge in [0.1, 0.15) is 9.88 Å². The van der Waals surface area contributed by atoms with Crippen LogP contribution >= 0.6 is 34.9 Å². The van der Waals surface area contributed by atoms with Gasteiger partial charge in [-0.1, -0.05) is 30.3 Å². The highest BCUT2D eigenvalue weighted by atomic mass is 32.2. The second kappa shape index (κ2) is 6.20. The summed E-state index contributed by atoms with van der Waals surface area (Å²) in [5.41, 5.74) is 1.48. The van der Waals surface area contributed by atoms with Gasteiger partial charge in [0.25, 0.3) is 0 Å². The lowest BCUT2D eigenvalue weighted by atomic mass is 10.1. The van der Waals surface area contributed by atoms with Crippen molar-refractivity contribution in [2.24, 2.45) is 0 Å². The number of aromatic carboxylic acids is 1. The molecule has 6 heteroatoms. The van der Waals surface area contributed by atoms with Gasteiger partial charge in [-0.05, 0) is 0 Å². The Kier molecular flexibility index (Phi) is 4.33. The van der Waals surface area contributed by atoms with Gasteiger partial charge in [-0.15, -0.1) is 23.1 Å². The number of rotatable bonds is 3. The highest BCUT2D eigenvalue weighted by molar-refractivity contribution is 8.06. The van der Waals surface area contributed by atoms with Crippen molar-refractivity contribution in [2.45, 2.75) is 5.25 Å². The molecule has 1 N–H and O–H groups in total. The lowest BCUT2D eigenvalue weighted by molar-refractivity contribution is 0.0702. The summed E-state index contributed by atoms with van der Waals surface area (Å²) in [6.45, 7) is 0. The van der Waals surface area contributed by atoms with Crippen LogP contribution in [0.3, 0.4) is 0 Å². The van der Waals surface area contributed by atoms with Crippen LogP contribution in [-0.2, 0) is 0 Å². The molecule has 1 aliphatic rings. The molecule has 3 rings (SSSR count). The van der Waals surface area contributed by atoms with Crippen LogP contribution < -0.4 is 0 Å². The molecule has 0 bridgehead atoms. The highest BCUT2D eigenvalue weighted by Crippen LogP contribution is 2.41. The van der Waals surface area contributed by atoms with Crippen molar-refractivity contribution in [3.8, 4) is 11.3 Å². The van der Waals surface area contributed by atoms with Gasteiger partial charge < -0.3 is 5.11 Å². The summed E-state index contributed by atoms with van der Waals surface area (Å²) >= 11 is 5.12. The minimum absolute atomic E-state index is 0.328. The molecule has 20 heavy (non-hydrogen) atoms. The Bertz CT molecular complexity index is 606. The van der Waals surface area contributed by atoms with E-state index in [1.807, 2.05) is 53.9 Å². The zero-order valence-corrected chi connectivity index (χ0v) is 13.1. The summed E-state index contributed by atoms with van der Waals surface area (Å²) in [7, 11) is 0. The van der Waals surface area contributed by atoms with Crippen LogP contribution in [0, 0.1) is 0 Å². The fourth-order valence-electron chi connectivity index (χ4n) is 2.04. The van der Waals surface area contributed by atoms with E-state index >= 15 is 0 Å². The lowest BCUT2D eigenvalue weighted by Crippen LogP contribution is -2.05. The van der Waals surface area contributed by atoms with Crippen molar-refractivity contribution in [3.63, 3.8) is 0 Å². The van der Waals surface area contributed by atoms with E-state index in [9.17, 15) is 9.90 Å². The minimum atomic E-state index is -0.888. The molecular formula is C14H13NO2S3. The van der Waals surface area contributed by atoms with Gasteiger partial charge in [-0.3, -0.25) is 0 Å². The van der Waals surface area contributed by atoms with Crippen molar-refractivity contribution >= 4 is 40.8 Å². The molecular weight excluding hydrogens is 310 g/mol. The maximum atomic E-state index is 11.4. The smallest absolute Gasteiger partial charge is 0.348 e. The SMILES string of the molecule is O=C(O)c1sc(C2CSCCS2)nc1-c1ccccc1. The Labute approximate surface area is 129 Å². The number of nitrogens with zero attached hydrogens (tertiary/aromatic N) is 1. The fraction of sp³-hybridized carbons (Fsp3) is 0.286. The van der Waals surface area contributed by atoms with Crippen LogP contribution in [-0.4, -0.2) is 33.3 Å². The van der Waals surface area contributed by atoms with Crippen LogP contribution in [0.5, 0.6) is 0 Å². The van der Waals surface area contributed by atoms with Gasteiger partial charge in [-0.2, -0.15) is 11.8 Å². The summed E-state index contributed by atoms with van der Waals surface area (Å²) in [6.07, 6.45) is 0. The number of thiazole rings is 1. The summed E-state index contributed by atoms with van der Waals surface area (Å²) in [5.74, 6) is 2.41. The number of hydrogen-bond acceptors (Lipinski definition) is 5. The first-order chi connectivity index (χ1) is 9.75. The van der Waals surface area contributed by atoms with Crippen molar-refractivity contribution in [1.82, 2.24) is 4.98 Å². The summed E-state index contributed by atoms with van der Waals surface area (Å²) < 4.78 is 0. The zero-order valence-electron chi connectivity index (χ0n) is 10.6. The molecule has 0 radical (unpaired) electrons. The van der Waals surface area contributed by atoms with E-state index in [1.165, 1.54) is 17.1 Å². The number of carboxylic acid groups (broad SMARTS) is 1. The van der Waals surface area contributed by atoms with Crippen LogP contribution in [0.4, 0.5) is 0 Å². The van der Waals surface area contributed by atoms with Gasteiger partial charge in [0.15, 0.2) is 0 Å². The minimum Gasteiger partial charge on any atom is -0.477 e. The number of benzene rings is 1. The van der Waals surface area contributed by atoms with Crippen LogP contribution in [0.1, 0.15) is 19.9 Å². The molecule has 1 atom stereocenters. The van der Waals surface area contributed by atoms with E-state index in [4.69, 9.17) is 0 Å². The molecule has 1 fully saturated rings. The Morgan fingerprint density at radius 2 is 2.05 bits per heavy atom. The molecule has 0 aliphatic carbocycles. The molecule has 1 aromatic heterocycles. The Morgan fingerprint density at radius 1 is 1.25 bits per heavy atom. The van der Waals surface area contributed by atoms with Gasteiger partial charge in [0.05, 0.1) is 10.9 Å². The van der Waals surface area contributed by atoms with E-state index in [0.717, 1.165) is 22.1 Å². The maximum absolute atomic E-state index is 11.4. The van der Waals surface area contributed by atoms with Crippen molar-refractivity contribution in [2.75, 3.05) is 17.3 Å². The summed E-state index contributed by atoms with van der Waals surface area (Å²) in [5, 5.41) is 10.7. The highest BCUT2D eigenvalue weighted by Gasteiger charge is 2.25. The van der Waals surface area contributed by atoms with E-state index < -0.39 is 5.97 Å². The Morgan fingerprint density at radius 3 is 2.70 bits per heavy atom. The monoisotopic (exact) mass is 323 g/mol. The third kappa shape index (κ3) is 2.87. The molecule has 0 saturated carbocycles. The average molecular weight is 323 g/mol. The largest absolute Gasteiger partial charge is 0.477 e. The molecule has 2 heterocycles.